The van der Waals surface area contributed by atoms with Crippen LogP contribution in [-0.2, 0) is 14.3 Å². The van der Waals surface area contributed by atoms with E-state index in [1.165, 1.54) is 0 Å². The molecule has 1 aliphatic rings. The normalized spacial score (nSPS) is 17.2. The van der Waals surface area contributed by atoms with E-state index in [2.05, 4.69) is 28.8 Å². The summed E-state index contributed by atoms with van der Waals surface area (Å²) in [5, 5.41) is 3.65. The first-order valence-corrected chi connectivity index (χ1v) is 12.9. The van der Waals surface area contributed by atoms with Crippen molar-refractivity contribution in [3.63, 3.8) is 0 Å². The molecule has 0 fully saturated rings. The van der Waals surface area contributed by atoms with Crippen LogP contribution in [0, 0.1) is 0 Å². The summed E-state index contributed by atoms with van der Waals surface area (Å²) in [7, 11) is 3.26. The van der Waals surface area contributed by atoms with E-state index in [9.17, 15) is 4.79 Å². The summed E-state index contributed by atoms with van der Waals surface area (Å²) in [6, 6.07) is 5.67. The molecule has 1 aromatic rings. The van der Waals surface area contributed by atoms with Gasteiger partial charge < -0.3 is 14.8 Å². The number of likely N-dealkylation sites (N-methyl/N-ethyl adjacent to an activating group) is 1. The molecular weight excluding hydrogens is 488 g/mol. The summed E-state index contributed by atoms with van der Waals surface area (Å²) in [4.78, 5) is 24.5. The number of ether oxygens (including phenoxy) is 2. The number of amides is 1. The van der Waals surface area contributed by atoms with Crippen LogP contribution >= 0.6 is 11.6 Å². The topological polar surface area (TPSA) is 75.5 Å². The maximum absolute atomic E-state index is 13.6. The Kier molecular flexibility index (Phi) is 11.8. The van der Waals surface area contributed by atoms with Gasteiger partial charge in [0.15, 0.2) is 5.90 Å². The van der Waals surface area contributed by atoms with Crippen LogP contribution in [-0.4, -0.2) is 56.5 Å². The molecule has 0 saturated carbocycles. The number of benzene rings is 1. The Labute approximate surface area is 226 Å². The molecule has 7 nitrogen and oxygen atoms in total. The summed E-state index contributed by atoms with van der Waals surface area (Å²) < 4.78 is 10.3. The van der Waals surface area contributed by atoms with Gasteiger partial charge in [-0.15, -0.1) is 0 Å². The summed E-state index contributed by atoms with van der Waals surface area (Å²) in [6.07, 6.45) is 5.44. The molecule has 37 heavy (non-hydrogen) atoms. The highest BCUT2D eigenvalue weighted by Gasteiger charge is 2.30. The number of nitrogens with zero attached hydrogens (tertiary/aromatic N) is 3. The summed E-state index contributed by atoms with van der Waals surface area (Å²) in [5.41, 5.74) is 4.78. The van der Waals surface area contributed by atoms with Gasteiger partial charge >= 0.3 is 0 Å². The van der Waals surface area contributed by atoms with Crippen LogP contribution in [0.15, 0.2) is 63.9 Å². The number of carbonyl (C=O) groups is 1. The van der Waals surface area contributed by atoms with E-state index in [-0.39, 0.29) is 5.91 Å². The largest absolute Gasteiger partial charge is 0.484 e. The van der Waals surface area contributed by atoms with Gasteiger partial charge in [-0.2, -0.15) is 0 Å². The Morgan fingerprint density at radius 3 is 2.54 bits per heavy atom. The van der Waals surface area contributed by atoms with Gasteiger partial charge in [0.25, 0.3) is 5.91 Å². The fraction of sp³-hybridized carbons (Fsp3) is 0.414. The second kappa shape index (κ2) is 14.5. The Morgan fingerprint density at radius 2 is 1.97 bits per heavy atom. The van der Waals surface area contributed by atoms with E-state index in [0.717, 1.165) is 35.2 Å². The maximum atomic E-state index is 13.6. The van der Waals surface area contributed by atoms with E-state index in [1.54, 1.807) is 19.1 Å². The molecule has 0 spiro atoms. The van der Waals surface area contributed by atoms with Gasteiger partial charge in [-0.3, -0.25) is 9.69 Å². The average molecular weight is 527 g/mol. The van der Waals surface area contributed by atoms with Crippen molar-refractivity contribution in [2.24, 2.45) is 9.98 Å². The molecule has 0 unspecified atom stereocenters. The Hall–Kier alpha value is -3.16. The van der Waals surface area contributed by atoms with E-state index >= 15 is 0 Å². The third-order valence-corrected chi connectivity index (χ3v) is 6.36. The summed E-state index contributed by atoms with van der Waals surface area (Å²) in [5.74, 6) is 1.45. The number of methoxy groups -OCH3 is 2. The standard InChI is InChI=1S/C29H39ClN4O3/c1-9-19(4)27(33-21(6)37-8)23-13-14-24(26(30)18-23)25-17-22(10-2)28(34(11-3)29(25)35)32-20(5)31-15-12-16-36-7/h10,13-14,17-18,31H,5,9,11-12,15-16H2,1-4,6-8H3/b22-10-,27-19?,32-28+,33-21?. The van der Waals surface area contributed by atoms with E-state index in [4.69, 9.17) is 21.1 Å². The first-order valence-electron chi connectivity index (χ1n) is 12.5. The molecule has 0 radical (unpaired) electrons. The van der Waals surface area contributed by atoms with Gasteiger partial charge in [0, 0.05) is 61.0 Å². The minimum absolute atomic E-state index is 0.164. The van der Waals surface area contributed by atoms with Gasteiger partial charge in [0.05, 0.1) is 12.8 Å². The number of nitrogens with one attached hydrogen (secondary N) is 1. The van der Waals surface area contributed by atoms with Gasteiger partial charge in [-0.25, -0.2) is 9.98 Å². The van der Waals surface area contributed by atoms with Crippen LogP contribution in [0.25, 0.3) is 11.3 Å². The molecule has 1 N–H and O–H groups in total. The zero-order valence-electron chi connectivity index (χ0n) is 23.1. The Bertz CT molecular complexity index is 1160. The van der Waals surface area contributed by atoms with Crippen molar-refractivity contribution in [3.05, 3.63) is 70.0 Å². The number of aliphatic imine (C=N–C) groups is 2. The molecule has 1 aliphatic heterocycles. The fourth-order valence-corrected chi connectivity index (χ4v) is 4.06. The highest BCUT2D eigenvalue weighted by Crippen LogP contribution is 2.34. The molecular formula is C29H39ClN4O3. The number of amidine groups is 1. The van der Waals surface area contributed by atoms with Gasteiger partial charge in [0.2, 0.25) is 0 Å². The van der Waals surface area contributed by atoms with Crippen molar-refractivity contribution in [3.8, 4) is 0 Å². The van der Waals surface area contributed by atoms with E-state index < -0.39 is 0 Å². The zero-order valence-corrected chi connectivity index (χ0v) is 23.8. The molecule has 0 atom stereocenters. The van der Waals surface area contributed by atoms with Crippen LogP contribution in [0.3, 0.4) is 0 Å². The van der Waals surface area contributed by atoms with Crippen LogP contribution < -0.4 is 5.32 Å². The first-order chi connectivity index (χ1) is 17.7. The van der Waals surface area contributed by atoms with Crippen LogP contribution in [0.1, 0.15) is 58.6 Å². The van der Waals surface area contributed by atoms with Crippen molar-refractivity contribution < 1.29 is 14.3 Å². The van der Waals surface area contributed by atoms with Crippen molar-refractivity contribution in [2.45, 2.75) is 47.5 Å². The molecule has 0 aromatic heterocycles. The average Bonchev–Trinajstić information content (AvgIpc) is 2.89. The third kappa shape index (κ3) is 7.66. The van der Waals surface area contributed by atoms with Crippen LogP contribution in [0.2, 0.25) is 5.02 Å². The summed E-state index contributed by atoms with van der Waals surface area (Å²) in [6.45, 7) is 15.6. The lowest BCUT2D eigenvalue weighted by atomic mass is 9.94. The van der Waals surface area contributed by atoms with Gasteiger partial charge in [-0.05, 0) is 51.3 Å². The zero-order chi connectivity index (χ0) is 27.5. The SMILES string of the molecule is C=C(/N=C1\C(=C/C)C=C(c2ccc(C(N=C(C)OC)=C(C)CC)cc2Cl)C(=O)N1CC)NCCCOC. The smallest absolute Gasteiger partial charge is 0.260 e. The van der Waals surface area contributed by atoms with Crippen molar-refractivity contribution in [2.75, 3.05) is 33.9 Å². The quantitative estimate of drug-likeness (QED) is 0.210. The molecule has 8 heteroatoms. The predicted molar refractivity (Wildman–Crippen MR) is 155 cm³/mol. The van der Waals surface area contributed by atoms with Crippen molar-refractivity contribution in [1.29, 1.82) is 0 Å². The number of carbonyl (C=O) groups excluding carboxylic acids is 1. The predicted octanol–water partition coefficient (Wildman–Crippen LogP) is 6.23. The maximum Gasteiger partial charge on any atom is 0.260 e. The molecule has 200 valence electrons. The van der Waals surface area contributed by atoms with E-state index in [0.29, 0.717) is 53.4 Å². The van der Waals surface area contributed by atoms with Crippen LogP contribution in [0.4, 0.5) is 0 Å². The first kappa shape index (κ1) is 30.1. The number of hydrogen-bond donors (Lipinski definition) is 1. The van der Waals surface area contributed by atoms with E-state index in [1.807, 2.05) is 58.0 Å². The Balaban J connectivity index is 2.49. The molecule has 1 heterocycles. The van der Waals surface area contributed by atoms with Gasteiger partial charge in [-0.1, -0.05) is 43.3 Å². The lowest BCUT2D eigenvalue weighted by Gasteiger charge is -2.30. The molecule has 1 amide bonds. The highest BCUT2D eigenvalue weighted by atomic mass is 35.5. The minimum atomic E-state index is -0.164. The lowest BCUT2D eigenvalue weighted by Crippen LogP contribution is -2.41. The second-order valence-electron chi connectivity index (χ2n) is 8.52. The Morgan fingerprint density at radius 1 is 1.24 bits per heavy atom. The van der Waals surface area contributed by atoms with Crippen molar-refractivity contribution >= 4 is 40.5 Å². The fourth-order valence-electron chi connectivity index (χ4n) is 3.78. The van der Waals surface area contributed by atoms with Gasteiger partial charge in [0.1, 0.15) is 11.7 Å². The molecule has 0 bridgehead atoms. The second-order valence-corrected chi connectivity index (χ2v) is 8.93. The number of allylic oxidation sites excluding steroid dienone is 2. The minimum Gasteiger partial charge on any atom is -0.484 e. The lowest BCUT2D eigenvalue weighted by molar-refractivity contribution is -0.121. The highest BCUT2D eigenvalue weighted by molar-refractivity contribution is 6.37. The number of hydrogen-bond acceptors (Lipinski definition) is 6. The molecule has 0 saturated heterocycles. The molecule has 1 aromatic carbocycles. The number of rotatable bonds is 11. The monoisotopic (exact) mass is 526 g/mol. The van der Waals surface area contributed by atoms with Crippen LogP contribution in [0.5, 0.6) is 0 Å². The third-order valence-electron chi connectivity index (χ3n) is 6.04. The summed E-state index contributed by atoms with van der Waals surface area (Å²) >= 11 is 6.78. The van der Waals surface area contributed by atoms with Crippen molar-refractivity contribution in [1.82, 2.24) is 10.2 Å². The molecule has 0 aliphatic carbocycles. The number of halogens is 1. The molecule has 2 rings (SSSR count).